The van der Waals surface area contributed by atoms with E-state index in [-0.39, 0.29) is 17.0 Å². The second-order valence-electron chi connectivity index (χ2n) is 6.46. The van der Waals surface area contributed by atoms with Gasteiger partial charge in [-0.1, -0.05) is 35.9 Å². The number of carbonyl (C=O) groups excluding carboxylic acids is 3. The highest BCUT2D eigenvalue weighted by atomic mass is 35.5. The summed E-state index contributed by atoms with van der Waals surface area (Å²) in [5.41, 5.74) is 6.61. The average molecular weight is 414 g/mol. The first kappa shape index (κ1) is 20.3. The molecule has 2 aromatic carbocycles. The maximum Gasteiger partial charge on any atom is 0.260 e. The Morgan fingerprint density at radius 3 is 2.48 bits per heavy atom. The van der Waals surface area contributed by atoms with Crippen LogP contribution < -0.4 is 16.2 Å². The number of amides is 3. The van der Waals surface area contributed by atoms with Crippen LogP contribution in [0, 0.1) is 0 Å². The van der Waals surface area contributed by atoms with Gasteiger partial charge < -0.3 is 9.88 Å². The van der Waals surface area contributed by atoms with Gasteiger partial charge in [0.05, 0.1) is 28.0 Å². The van der Waals surface area contributed by atoms with E-state index in [0.29, 0.717) is 5.82 Å². The van der Waals surface area contributed by atoms with Crippen LogP contribution in [-0.4, -0.2) is 33.3 Å². The van der Waals surface area contributed by atoms with E-state index >= 15 is 0 Å². The van der Waals surface area contributed by atoms with E-state index in [9.17, 15) is 14.4 Å². The van der Waals surface area contributed by atoms with Crippen molar-refractivity contribution in [1.82, 2.24) is 25.7 Å². The van der Waals surface area contributed by atoms with E-state index < -0.39 is 23.8 Å². The fourth-order valence-corrected chi connectivity index (χ4v) is 2.99. The third-order valence-corrected chi connectivity index (χ3v) is 4.71. The van der Waals surface area contributed by atoms with Gasteiger partial charge >= 0.3 is 0 Å². The van der Waals surface area contributed by atoms with E-state index in [0.717, 1.165) is 11.0 Å². The SMILES string of the molecule is C[C@H](NC(=O)c1ccccc1Cl)C(=O)NNC(=O)Cc1nc2ccccc2n1C. The monoisotopic (exact) mass is 413 g/mol. The number of aromatic nitrogens is 2. The van der Waals surface area contributed by atoms with Crippen LogP contribution >= 0.6 is 11.6 Å². The Balaban J connectivity index is 1.52. The van der Waals surface area contributed by atoms with Crippen LogP contribution in [0.25, 0.3) is 11.0 Å². The maximum atomic E-state index is 12.2. The number of aryl methyl sites for hydroxylation is 1. The quantitative estimate of drug-likeness (QED) is 0.554. The first-order valence-electron chi connectivity index (χ1n) is 8.91. The zero-order valence-corrected chi connectivity index (χ0v) is 16.7. The van der Waals surface area contributed by atoms with Crippen molar-refractivity contribution < 1.29 is 14.4 Å². The molecule has 0 fully saturated rings. The van der Waals surface area contributed by atoms with Gasteiger partial charge in [0.25, 0.3) is 11.8 Å². The number of para-hydroxylation sites is 2. The molecule has 150 valence electrons. The van der Waals surface area contributed by atoms with Crippen molar-refractivity contribution in [1.29, 1.82) is 0 Å². The lowest BCUT2D eigenvalue weighted by Gasteiger charge is -2.15. The minimum atomic E-state index is -0.880. The molecule has 29 heavy (non-hydrogen) atoms. The van der Waals surface area contributed by atoms with Gasteiger partial charge in [-0.2, -0.15) is 0 Å². The summed E-state index contributed by atoms with van der Waals surface area (Å²) in [6.45, 7) is 1.50. The molecule has 1 aromatic heterocycles. The molecule has 9 heteroatoms. The molecular weight excluding hydrogens is 394 g/mol. The van der Waals surface area contributed by atoms with E-state index in [1.165, 1.54) is 6.92 Å². The van der Waals surface area contributed by atoms with Crippen LogP contribution in [0.1, 0.15) is 23.1 Å². The van der Waals surface area contributed by atoms with Crippen molar-refractivity contribution in [3.63, 3.8) is 0 Å². The number of carbonyl (C=O) groups is 3. The van der Waals surface area contributed by atoms with Crippen LogP contribution in [0.5, 0.6) is 0 Å². The number of imidazole rings is 1. The largest absolute Gasteiger partial charge is 0.340 e. The van der Waals surface area contributed by atoms with Gasteiger partial charge in [0, 0.05) is 7.05 Å². The van der Waals surface area contributed by atoms with Crippen LogP contribution in [0.15, 0.2) is 48.5 Å². The number of benzene rings is 2. The molecule has 0 aliphatic rings. The van der Waals surface area contributed by atoms with Crippen molar-refractivity contribution in [2.75, 3.05) is 0 Å². The van der Waals surface area contributed by atoms with Gasteiger partial charge in [-0.25, -0.2) is 4.98 Å². The van der Waals surface area contributed by atoms with Gasteiger partial charge in [-0.15, -0.1) is 0 Å². The first-order valence-corrected chi connectivity index (χ1v) is 9.29. The lowest BCUT2D eigenvalue weighted by molar-refractivity contribution is -0.129. The molecular formula is C20H20ClN5O3. The molecule has 0 aliphatic carbocycles. The molecule has 1 atom stereocenters. The van der Waals surface area contributed by atoms with Crippen molar-refractivity contribution in [3.05, 3.63) is 64.9 Å². The minimum absolute atomic E-state index is 0.00811. The molecule has 0 saturated heterocycles. The topological polar surface area (TPSA) is 105 Å². The Bertz CT molecular complexity index is 1080. The number of hydrogen-bond acceptors (Lipinski definition) is 4. The van der Waals surface area contributed by atoms with Crippen molar-refractivity contribution in [2.24, 2.45) is 7.05 Å². The Labute approximate surface area is 172 Å². The number of hydrogen-bond donors (Lipinski definition) is 3. The summed E-state index contributed by atoms with van der Waals surface area (Å²) >= 11 is 5.98. The van der Waals surface area contributed by atoms with E-state index in [4.69, 9.17) is 11.6 Å². The zero-order valence-electron chi connectivity index (χ0n) is 15.9. The number of nitrogens with zero attached hydrogens (tertiary/aromatic N) is 2. The highest BCUT2D eigenvalue weighted by Crippen LogP contribution is 2.15. The van der Waals surface area contributed by atoms with Gasteiger partial charge in [0.1, 0.15) is 11.9 Å². The molecule has 0 unspecified atom stereocenters. The molecule has 0 bridgehead atoms. The summed E-state index contributed by atoms with van der Waals surface area (Å²) in [4.78, 5) is 41.0. The fraction of sp³-hybridized carbons (Fsp3) is 0.200. The molecule has 1 heterocycles. The fourth-order valence-electron chi connectivity index (χ4n) is 2.77. The lowest BCUT2D eigenvalue weighted by atomic mass is 10.2. The summed E-state index contributed by atoms with van der Waals surface area (Å²) in [7, 11) is 1.82. The van der Waals surface area contributed by atoms with Gasteiger partial charge in [0.15, 0.2) is 0 Å². The van der Waals surface area contributed by atoms with Crippen molar-refractivity contribution >= 4 is 40.4 Å². The second kappa shape index (κ2) is 8.74. The van der Waals surface area contributed by atoms with E-state index in [2.05, 4.69) is 21.2 Å². The number of rotatable bonds is 5. The highest BCUT2D eigenvalue weighted by molar-refractivity contribution is 6.33. The van der Waals surface area contributed by atoms with E-state index in [1.807, 2.05) is 35.9 Å². The third kappa shape index (κ3) is 4.72. The molecule has 3 amide bonds. The van der Waals surface area contributed by atoms with Crippen LogP contribution in [0.2, 0.25) is 5.02 Å². The number of halogens is 1. The normalized spacial score (nSPS) is 11.7. The molecule has 0 saturated carbocycles. The smallest absolute Gasteiger partial charge is 0.260 e. The minimum Gasteiger partial charge on any atom is -0.340 e. The molecule has 3 aromatic rings. The summed E-state index contributed by atoms with van der Waals surface area (Å²) in [6.07, 6.45) is -0.00811. The molecule has 0 aliphatic heterocycles. The Kier molecular flexibility index (Phi) is 6.13. The molecule has 8 nitrogen and oxygen atoms in total. The standard InChI is InChI=1S/C20H20ClN5O3/c1-12(22-20(29)13-7-3-4-8-14(13)21)19(28)25-24-18(27)11-17-23-15-9-5-6-10-16(15)26(17)2/h3-10,12H,11H2,1-2H3,(H,22,29)(H,24,27)(H,25,28)/t12-/m0/s1. The highest BCUT2D eigenvalue weighted by Gasteiger charge is 2.19. The molecule has 0 spiro atoms. The van der Waals surface area contributed by atoms with Crippen LogP contribution in [0.4, 0.5) is 0 Å². The third-order valence-electron chi connectivity index (χ3n) is 4.38. The Morgan fingerprint density at radius 1 is 1.07 bits per heavy atom. The number of fused-ring (bicyclic) bond motifs is 1. The van der Waals surface area contributed by atoms with Gasteiger partial charge in [-0.3, -0.25) is 25.2 Å². The molecule has 0 radical (unpaired) electrons. The first-order chi connectivity index (χ1) is 13.9. The number of nitrogens with one attached hydrogen (secondary N) is 3. The lowest BCUT2D eigenvalue weighted by Crippen LogP contribution is -2.51. The van der Waals surface area contributed by atoms with Crippen LogP contribution in [0.3, 0.4) is 0 Å². The molecule has 3 rings (SSSR count). The summed E-state index contributed by atoms with van der Waals surface area (Å²) in [5, 5.41) is 2.82. The maximum absolute atomic E-state index is 12.2. The zero-order chi connectivity index (χ0) is 21.0. The summed E-state index contributed by atoms with van der Waals surface area (Å²) < 4.78 is 1.82. The number of hydrazine groups is 1. The Hall–Kier alpha value is -3.39. The average Bonchev–Trinajstić information content (AvgIpc) is 3.02. The van der Waals surface area contributed by atoms with Gasteiger partial charge in [-0.05, 0) is 31.2 Å². The summed E-state index contributed by atoms with van der Waals surface area (Å²) in [6, 6.07) is 13.2. The van der Waals surface area contributed by atoms with Gasteiger partial charge in [0.2, 0.25) is 5.91 Å². The predicted molar refractivity (Wildman–Crippen MR) is 109 cm³/mol. The second-order valence-corrected chi connectivity index (χ2v) is 6.87. The summed E-state index contributed by atoms with van der Waals surface area (Å²) in [5.74, 6) is -0.910. The molecule has 3 N–H and O–H groups in total. The van der Waals surface area contributed by atoms with Crippen molar-refractivity contribution in [2.45, 2.75) is 19.4 Å². The Morgan fingerprint density at radius 2 is 1.76 bits per heavy atom. The van der Waals surface area contributed by atoms with Crippen LogP contribution in [-0.2, 0) is 23.1 Å². The predicted octanol–water partition coefficient (Wildman–Crippen LogP) is 1.74. The van der Waals surface area contributed by atoms with Crippen molar-refractivity contribution in [3.8, 4) is 0 Å². The van der Waals surface area contributed by atoms with E-state index in [1.54, 1.807) is 24.3 Å².